The summed E-state index contributed by atoms with van der Waals surface area (Å²) >= 11 is 0. The van der Waals surface area contributed by atoms with Crippen molar-refractivity contribution >= 4 is 6.09 Å². The molecular formula is C15H23NO4. The van der Waals surface area contributed by atoms with Gasteiger partial charge in [-0.25, -0.2) is 4.79 Å². The molecule has 5 heteroatoms. The van der Waals surface area contributed by atoms with E-state index in [0.29, 0.717) is 6.54 Å². The van der Waals surface area contributed by atoms with Crippen LogP contribution in [0, 0.1) is 0 Å². The molecule has 0 heterocycles. The number of benzene rings is 1. The summed E-state index contributed by atoms with van der Waals surface area (Å²) in [6.07, 6.45) is -0.482. The summed E-state index contributed by atoms with van der Waals surface area (Å²) in [6, 6.07) is 7.39. The van der Waals surface area contributed by atoms with E-state index in [-0.39, 0.29) is 12.5 Å². The van der Waals surface area contributed by atoms with Crippen LogP contribution in [0.3, 0.4) is 0 Å². The Morgan fingerprint density at radius 3 is 2.35 bits per heavy atom. The highest BCUT2D eigenvalue weighted by Gasteiger charge is 2.18. The van der Waals surface area contributed by atoms with E-state index in [9.17, 15) is 9.90 Å². The van der Waals surface area contributed by atoms with Crippen molar-refractivity contribution in [1.82, 2.24) is 5.32 Å². The van der Waals surface area contributed by atoms with Crippen LogP contribution in [0.25, 0.3) is 0 Å². The van der Waals surface area contributed by atoms with Crippen molar-refractivity contribution in [3.8, 4) is 5.75 Å². The lowest BCUT2D eigenvalue weighted by molar-refractivity contribution is 0.0521. The minimum atomic E-state index is -0.529. The Morgan fingerprint density at radius 1 is 1.30 bits per heavy atom. The van der Waals surface area contributed by atoms with Gasteiger partial charge in [-0.15, -0.1) is 0 Å². The predicted octanol–water partition coefficient (Wildman–Crippen LogP) is 2.30. The summed E-state index contributed by atoms with van der Waals surface area (Å²) < 4.78 is 10.2. The number of aliphatic hydroxyl groups is 1. The Kier molecular flexibility index (Phi) is 5.82. The fourth-order valence-electron chi connectivity index (χ4n) is 1.68. The highest BCUT2D eigenvalue weighted by atomic mass is 16.6. The second kappa shape index (κ2) is 7.14. The SMILES string of the molecule is COc1ccc(C(CO)CNC(=O)OC(C)(C)C)cc1. The van der Waals surface area contributed by atoms with Crippen LogP contribution in [-0.4, -0.2) is 37.1 Å². The molecule has 0 radical (unpaired) electrons. The third kappa shape index (κ3) is 5.48. The molecule has 1 aromatic carbocycles. The number of ether oxygens (including phenoxy) is 2. The number of methoxy groups -OCH3 is 1. The molecule has 1 atom stereocenters. The van der Waals surface area contributed by atoms with E-state index in [1.54, 1.807) is 27.9 Å². The number of rotatable bonds is 5. The Balaban J connectivity index is 2.56. The second-order valence-electron chi connectivity index (χ2n) is 5.54. The predicted molar refractivity (Wildman–Crippen MR) is 77.1 cm³/mol. The number of hydrogen-bond acceptors (Lipinski definition) is 4. The zero-order chi connectivity index (χ0) is 15.2. The molecule has 0 aromatic heterocycles. The molecule has 0 spiro atoms. The van der Waals surface area contributed by atoms with E-state index >= 15 is 0 Å². The Bertz CT molecular complexity index is 422. The molecule has 1 aromatic rings. The monoisotopic (exact) mass is 281 g/mol. The number of alkyl carbamates (subject to hydrolysis) is 1. The van der Waals surface area contributed by atoms with Crippen molar-refractivity contribution < 1.29 is 19.4 Å². The number of carbonyl (C=O) groups excluding carboxylic acids is 1. The first-order chi connectivity index (χ1) is 9.35. The van der Waals surface area contributed by atoms with Crippen LogP contribution in [0.4, 0.5) is 4.79 Å². The van der Waals surface area contributed by atoms with Gasteiger partial charge in [-0.1, -0.05) is 12.1 Å². The number of hydrogen-bond donors (Lipinski definition) is 2. The van der Waals surface area contributed by atoms with Gasteiger partial charge in [0.1, 0.15) is 11.4 Å². The van der Waals surface area contributed by atoms with Crippen molar-refractivity contribution in [2.24, 2.45) is 0 Å². The summed E-state index contributed by atoms with van der Waals surface area (Å²) in [5.41, 5.74) is 0.406. The van der Waals surface area contributed by atoms with Crippen LogP contribution in [0.2, 0.25) is 0 Å². The molecule has 0 aliphatic rings. The molecule has 1 unspecified atom stereocenters. The Morgan fingerprint density at radius 2 is 1.90 bits per heavy atom. The molecule has 0 fully saturated rings. The summed E-state index contributed by atoms with van der Waals surface area (Å²) in [6.45, 7) is 5.68. The average Bonchev–Trinajstić information content (AvgIpc) is 2.38. The molecule has 112 valence electrons. The topological polar surface area (TPSA) is 67.8 Å². The lowest BCUT2D eigenvalue weighted by Crippen LogP contribution is -2.35. The first kappa shape index (κ1) is 16.3. The fourth-order valence-corrected chi connectivity index (χ4v) is 1.68. The van der Waals surface area contributed by atoms with Gasteiger partial charge in [-0.2, -0.15) is 0 Å². The third-order valence-corrected chi connectivity index (χ3v) is 2.70. The zero-order valence-electron chi connectivity index (χ0n) is 12.5. The van der Waals surface area contributed by atoms with Gasteiger partial charge in [-0.05, 0) is 38.5 Å². The minimum absolute atomic E-state index is 0.0534. The fraction of sp³-hybridized carbons (Fsp3) is 0.533. The van der Waals surface area contributed by atoms with Gasteiger partial charge in [-0.3, -0.25) is 0 Å². The molecule has 1 amide bonds. The quantitative estimate of drug-likeness (QED) is 0.869. The van der Waals surface area contributed by atoms with Crippen LogP contribution in [0.1, 0.15) is 32.3 Å². The van der Waals surface area contributed by atoms with Crippen molar-refractivity contribution in [2.75, 3.05) is 20.3 Å². The average molecular weight is 281 g/mol. The largest absolute Gasteiger partial charge is 0.497 e. The first-order valence-electron chi connectivity index (χ1n) is 6.57. The van der Waals surface area contributed by atoms with Crippen molar-refractivity contribution in [1.29, 1.82) is 0 Å². The van der Waals surface area contributed by atoms with E-state index in [2.05, 4.69) is 5.32 Å². The molecule has 0 aliphatic carbocycles. The number of carbonyl (C=O) groups is 1. The molecule has 1 rings (SSSR count). The Hall–Kier alpha value is -1.75. The number of amides is 1. The maximum absolute atomic E-state index is 11.6. The van der Waals surface area contributed by atoms with E-state index in [4.69, 9.17) is 9.47 Å². The number of nitrogens with one attached hydrogen (secondary N) is 1. The maximum atomic E-state index is 11.6. The lowest BCUT2D eigenvalue weighted by Gasteiger charge is -2.21. The molecule has 2 N–H and O–H groups in total. The van der Waals surface area contributed by atoms with Crippen LogP contribution in [-0.2, 0) is 4.74 Å². The maximum Gasteiger partial charge on any atom is 0.407 e. The van der Waals surface area contributed by atoms with Gasteiger partial charge in [0.05, 0.1) is 13.7 Å². The van der Waals surface area contributed by atoms with Gasteiger partial charge < -0.3 is 19.9 Å². The van der Waals surface area contributed by atoms with Gasteiger partial charge in [0.15, 0.2) is 0 Å². The summed E-state index contributed by atoms with van der Waals surface area (Å²) in [5.74, 6) is 0.582. The van der Waals surface area contributed by atoms with E-state index in [1.165, 1.54) is 0 Å². The summed E-state index contributed by atoms with van der Waals surface area (Å²) in [7, 11) is 1.60. The highest BCUT2D eigenvalue weighted by Crippen LogP contribution is 2.18. The van der Waals surface area contributed by atoms with Gasteiger partial charge in [0.2, 0.25) is 0 Å². The van der Waals surface area contributed by atoms with Gasteiger partial charge in [0.25, 0.3) is 0 Å². The van der Waals surface area contributed by atoms with Crippen LogP contribution in [0.5, 0.6) is 5.75 Å². The highest BCUT2D eigenvalue weighted by molar-refractivity contribution is 5.67. The zero-order valence-corrected chi connectivity index (χ0v) is 12.5. The molecule has 0 saturated carbocycles. The second-order valence-corrected chi connectivity index (χ2v) is 5.54. The summed E-state index contributed by atoms with van der Waals surface area (Å²) in [5, 5.41) is 12.1. The first-order valence-corrected chi connectivity index (χ1v) is 6.57. The van der Waals surface area contributed by atoms with Crippen LogP contribution >= 0.6 is 0 Å². The number of aliphatic hydroxyl groups excluding tert-OH is 1. The van der Waals surface area contributed by atoms with Crippen molar-refractivity contribution in [3.05, 3.63) is 29.8 Å². The smallest absolute Gasteiger partial charge is 0.407 e. The molecule has 5 nitrogen and oxygen atoms in total. The van der Waals surface area contributed by atoms with E-state index < -0.39 is 11.7 Å². The molecule has 0 saturated heterocycles. The summed E-state index contributed by atoms with van der Waals surface area (Å²) in [4.78, 5) is 11.6. The Labute approximate surface area is 119 Å². The third-order valence-electron chi connectivity index (χ3n) is 2.70. The van der Waals surface area contributed by atoms with Crippen molar-refractivity contribution in [3.63, 3.8) is 0 Å². The van der Waals surface area contributed by atoms with Crippen LogP contribution in [0.15, 0.2) is 24.3 Å². The van der Waals surface area contributed by atoms with E-state index in [0.717, 1.165) is 11.3 Å². The van der Waals surface area contributed by atoms with Crippen molar-refractivity contribution in [2.45, 2.75) is 32.3 Å². The van der Waals surface area contributed by atoms with Crippen LogP contribution < -0.4 is 10.1 Å². The minimum Gasteiger partial charge on any atom is -0.497 e. The van der Waals surface area contributed by atoms with Gasteiger partial charge >= 0.3 is 6.09 Å². The normalized spacial score (nSPS) is 12.7. The molecule has 0 bridgehead atoms. The molecule has 0 aliphatic heterocycles. The molecule has 20 heavy (non-hydrogen) atoms. The molecular weight excluding hydrogens is 258 g/mol. The van der Waals surface area contributed by atoms with E-state index in [1.807, 2.05) is 24.3 Å². The standard InChI is InChI=1S/C15H23NO4/c1-15(2,3)20-14(18)16-9-12(10-17)11-5-7-13(19-4)8-6-11/h5-8,12,17H,9-10H2,1-4H3,(H,16,18). The van der Waals surface area contributed by atoms with Gasteiger partial charge in [0, 0.05) is 12.5 Å². The lowest BCUT2D eigenvalue weighted by atomic mass is 10.00.